The van der Waals surface area contributed by atoms with E-state index < -0.39 is 0 Å². The molecule has 3 aromatic rings. The Hall–Kier alpha value is -2.60. The Balaban J connectivity index is 2.06. The number of thiophene rings is 1. The average Bonchev–Trinajstić information content (AvgIpc) is 3.12. The highest BCUT2D eigenvalue weighted by Gasteiger charge is 2.25. The molecule has 0 saturated heterocycles. The van der Waals surface area contributed by atoms with Gasteiger partial charge >= 0.3 is 0 Å². The molecule has 3 rings (SSSR count). The van der Waals surface area contributed by atoms with Crippen molar-refractivity contribution in [2.45, 2.75) is 27.7 Å². The molecule has 0 aliphatic carbocycles. The molecule has 3 aromatic heterocycles. The number of hydrogen-bond donors (Lipinski definition) is 0. The predicted molar refractivity (Wildman–Crippen MR) is 106 cm³/mol. The quantitative estimate of drug-likeness (QED) is 0.682. The van der Waals surface area contributed by atoms with Crippen molar-refractivity contribution in [3.63, 3.8) is 0 Å². The summed E-state index contributed by atoms with van der Waals surface area (Å²) >= 11 is 1.65. The van der Waals surface area contributed by atoms with Crippen LogP contribution in [0.5, 0.6) is 5.88 Å². The van der Waals surface area contributed by atoms with Crippen LogP contribution in [0.15, 0.2) is 30.5 Å². The van der Waals surface area contributed by atoms with Crippen LogP contribution >= 0.6 is 11.3 Å². The Morgan fingerprint density at radius 3 is 2.31 bits per heavy atom. The molecule has 26 heavy (non-hydrogen) atoms. The standard InChI is InChI=1S/C20H23N3O2S/c1-12-7-8-13(2)23(12)20-18(14(3)15(4)26-20)19(24)22(5)16-9-10-17(25-6)21-11-16/h7-11H,1-6H3. The summed E-state index contributed by atoms with van der Waals surface area (Å²) in [6, 6.07) is 7.74. The number of pyridine rings is 1. The van der Waals surface area contributed by atoms with Gasteiger partial charge in [0.25, 0.3) is 5.91 Å². The first-order valence-electron chi connectivity index (χ1n) is 8.38. The Bertz CT molecular complexity index is 935. The van der Waals surface area contributed by atoms with E-state index in [9.17, 15) is 4.79 Å². The SMILES string of the molecule is COc1ccc(N(C)C(=O)c2c(-n3c(C)ccc3C)sc(C)c2C)cn1. The molecule has 0 fully saturated rings. The number of carbonyl (C=O) groups is 1. The second kappa shape index (κ2) is 6.96. The molecular formula is C20H23N3O2S. The molecule has 5 nitrogen and oxygen atoms in total. The van der Waals surface area contributed by atoms with Gasteiger partial charge in [-0.05, 0) is 51.5 Å². The summed E-state index contributed by atoms with van der Waals surface area (Å²) in [6.45, 7) is 8.19. The molecule has 0 atom stereocenters. The van der Waals surface area contributed by atoms with E-state index in [1.165, 1.54) is 0 Å². The van der Waals surface area contributed by atoms with Crippen molar-refractivity contribution < 1.29 is 9.53 Å². The van der Waals surface area contributed by atoms with Crippen LogP contribution < -0.4 is 9.64 Å². The van der Waals surface area contributed by atoms with Gasteiger partial charge in [-0.15, -0.1) is 11.3 Å². The number of aryl methyl sites for hydroxylation is 3. The first-order chi connectivity index (χ1) is 12.3. The fourth-order valence-electron chi connectivity index (χ4n) is 2.98. The fraction of sp³-hybridized carbons (Fsp3) is 0.300. The Morgan fingerprint density at radius 1 is 1.12 bits per heavy atom. The third-order valence-electron chi connectivity index (χ3n) is 4.68. The zero-order valence-electron chi connectivity index (χ0n) is 16.0. The molecule has 0 radical (unpaired) electrons. The molecule has 0 aliphatic heterocycles. The van der Waals surface area contributed by atoms with Crippen molar-refractivity contribution in [2.75, 3.05) is 19.1 Å². The largest absolute Gasteiger partial charge is 0.481 e. The van der Waals surface area contributed by atoms with Crippen LogP contribution in [0.4, 0.5) is 5.69 Å². The Labute approximate surface area is 157 Å². The predicted octanol–water partition coefficient (Wildman–Crippen LogP) is 4.45. The summed E-state index contributed by atoms with van der Waals surface area (Å²) in [5.41, 5.74) is 4.73. The summed E-state index contributed by atoms with van der Waals surface area (Å²) in [7, 11) is 3.35. The van der Waals surface area contributed by atoms with Gasteiger partial charge in [-0.25, -0.2) is 4.98 Å². The van der Waals surface area contributed by atoms with Crippen molar-refractivity contribution in [1.29, 1.82) is 0 Å². The van der Waals surface area contributed by atoms with Crippen LogP contribution in [0.2, 0.25) is 0 Å². The lowest BCUT2D eigenvalue weighted by atomic mass is 10.1. The fourth-order valence-corrected chi connectivity index (χ4v) is 4.25. The van der Waals surface area contributed by atoms with E-state index in [1.54, 1.807) is 42.7 Å². The third-order valence-corrected chi connectivity index (χ3v) is 5.87. The van der Waals surface area contributed by atoms with Crippen LogP contribution in [0.3, 0.4) is 0 Å². The van der Waals surface area contributed by atoms with Gasteiger partial charge in [0.05, 0.1) is 24.6 Å². The van der Waals surface area contributed by atoms with Crippen molar-refractivity contribution in [3.05, 3.63) is 57.9 Å². The van der Waals surface area contributed by atoms with Crippen LogP contribution in [0, 0.1) is 27.7 Å². The molecule has 0 unspecified atom stereocenters. The normalized spacial score (nSPS) is 10.8. The maximum absolute atomic E-state index is 13.3. The third kappa shape index (κ3) is 3.01. The van der Waals surface area contributed by atoms with Crippen LogP contribution in [0.1, 0.15) is 32.2 Å². The van der Waals surface area contributed by atoms with Gasteiger partial charge in [0.2, 0.25) is 5.88 Å². The number of aromatic nitrogens is 2. The average molecular weight is 369 g/mol. The second-order valence-electron chi connectivity index (χ2n) is 6.34. The first kappa shape index (κ1) is 18.2. The van der Waals surface area contributed by atoms with Gasteiger partial charge in [-0.1, -0.05) is 0 Å². The lowest BCUT2D eigenvalue weighted by molar-refractivity contribution is 0.0992. The van der Waals surface area contributed by atoms with E-state index in [0.29, 0.717) is 5.88 Å². The van der Waals surface area contributed by atoms with Crippen LogP contribution in [-0.2, 0) is 0 Å². The molecule has 0 saturated carbocycles. The molecule has 0 spiro atoms. The van der Waals surface area contributed by atoms with Gasteiger partial charge in [0, 0.05) is 29.4 Å². The highest BCUT2D eigenvalue weighted by molar-refractivity contribution is 7.15. The molecule has 3 heterocycles. The van der Waals surface area contributed by atoms with Crippen molar-refractivity contribution >= 4 is 22.9 Å². The van der Waals surface area contributed by atoms with Gasteiger partial charge in [-0.2, -0.15) is 0 Å². The van der Waals surface area contributed by atoms with Crippen molar-refractivity contribution in [3.8, 4) is 10.9 Å². The summed E-state index contributed by atoms with van der Waals surface area (Å²) in [5, 5.41) is 0.971. The molecule has 0 aliphatic rings. The van der Waals surface area contributed by atoms with Crippen molar-refractivity contribution in [1.82, 2.24) is 9.55 Å². The van der Waals surface area contributed by atoms with E-state index in [-0.39, 0.29) is 5.91 Å². The molecule has 0 N–H and O–H groups in total. The maximum Gasteiger partial charge on any atom is 0.261 e. The number of hydrogen-bond acceptors (Lipinski definition) is 4. The molecule has 1 amide bonds. The highest BCUT2D eigenvalue weighted by Crippen LogP contribution is 2.34. The highest BCUT2D eigenvalue weighted by atomic mass is 32.1. The lowest BCUT2D eigenvalue weighted by Gasteiger charge is -2.19. The number of anilines is 1. The van der Waals surface area contributed by atoms with E-state index >= 15 is 0 Å². The summed E-state index contributed by atoms with van der Waals surface area (Å²) in [6.07, 6.45) is 1.65. The van der Waals surface area contributed by atoms with Crippen LogP contribution in [-0.4, -0.2) is 29.6 Å². The zero-order chi connectivity index (χ0) is 19.0. The summed E-state index contributed by atoms with van der Waals surface area (Å²) < 4.78 is 7.25. The number of rotatable bonds is 4. The molecule has 6 heteroatoms. The van der Waals surface area contributed by atoms with Gasteiger partial charge < -0.3 is 14.2 Å². The Morgan fingerprint density at radius 2 is 1.77 bits per heavy atom. The molecule has 136 valence electrons. The van der Waals surface area contributed by atoms with Gasteiger partial charge in [0.15, 0.2) is 0 Å². The van der Waals surface area contributed by atoms with E-state index in [2.05, 4.69) is 42.5 Å². The molecule has 0 aromatic carbocycles. The number of nitrogens with zero attached hydrogens (tertiary/aromatic N) is 3. The van der Waals surface area contributed by atoms with Gasteiger partial charge in [0.1, 0.15) is 5.00 Å². The maximum atomic E-state index is 13.3. The zero-order valence-corrected chi connectivity index (χ0v) is 16.8. The monoisotopic (exact) mass is 369 g/mol. The number of ether oxygens (including phenoxy) is 1. The minimum Gasteiger partial charge on any atom is -0.481 e. The number of amides is 1. The first-order valence-corrected chi connectivity index (χ1v) is 9.20. The molecular weight excluding hydrogens is 346 g/mol. The van der Waals surface area contributed by atoms with E-state index in [0.717, 1.165) is 38.1 Å². The van der Waals surface area contributed by atoms with Gasteiger partial charge in [-0.3, -0.25) is 4.79 Å². The summed E-state index contributed by atoms with van der Waals surface area (Å²) in [5.74, 6) is 0.484. The van der Waals surface area contributed by atoms with E-state index in [4.69, 9.17) is 4.74 Å². The Kier molecular flexibility index (Phi) is 4.87. The van der Waals surface area contributed by atoms with E-state index in [1.807, 2.05) is 13.0 Å². The lowest BCUT2D eigenvalue weighted by Crippen LogP contribution is -2.27. The number of carbonyl (C=O) groups excluding carboxylic acids is 1. The minimum absolute atomic E-state index is 0.0404. The second-order valence-corrected chi connectivity index (χ2v) is 7.54. The minimum atomic E-state index is -0.0404. The van der Waals surface area contributed by atoms with Crippen molar-refractivity contribution in [2.24, 2.45) is 0 Å². The smallest absolute Gasteiger partial charge is 0.261 e. The van der Waals surface area contributed by atoms with Crippen LogP contribution in [0.25, 0.3) is 5.00 Å². The number of methoxy groups -OCH3 is 1. The summed E-state index contributed by atoms with van der Waals surface area (Å²) in [4.78, 5) is 20.3. The molecule has 0 bridgehead atoms. The topological polar surface area (TPSA) is 47.4 Å².